The van der Waals surface area contributed by atoms with Crippen LogP contribution in [0.15, 0.2) is 11.1 Å². The van der Waals surface area contributed by atoms with Gasteiger partial charge in [-0.2, -0.15) is 0 Å². The van der Waals surface area contributed by atoms with Crippen LogP contribution in [0.5, 0.6) is 5.75 Å². The van der Waals surface area contributed by atoms with Crippen LogP contribution in [0.4, 0.5) is 13.2 Å². The number of hydrogen-bond donors (Lipinski definition) is 1. The SMILES string of the molecule is Cc1cnc(I)c(S(N)(=O)=O)c1OC(F)(F)F. The standard InChI is InChI=1S/C7H6F3IN2O3S/c1-3-2-13-6(11)5(17(12,14)15)4(3)16-7(8,9)10/h2H,1H3,(H2,12,14,15). The highest BCUT2D eigenvalue weighted by atomic mass is 127. The van der Waals surface area contributed by atoms with E-state index in [1.54, 1.807) is 0 Å². The van der Waals surface area contributed by atoms with Gasteiger partial charge in [0, 0.05) is 11.8 Å². The summed E-state index contributed by atoms with van der Waals surface area (Å²) < 4.78 is 62.3. The van der Waals surface area contributed by atoms with Crippen molar-refractivity contribution in [2.24, 2.45) is 5.14 Å². The lowest BCUT2D eigenvalue weighted by Crippen LogP contribution is -2.23. The smallest absolute Gasteiger partial charge is 0.404 e. The van der Waals surface area contributed by atoms with E-state index in [0.29, 0.717) is 0 Å². The molecule has 17 heavy (non-hydrogen) atoms. The maximum absolute atomic E-state index is 12.1. The van der Waals surface area contributed by atoms with Crippen LogP contribution in [0.2, 0.25) is 0 Å². The zero-order chi connectivity index (χ0) is 13.4. The zero-order valence-corrected chi connectivity index (χ0v) is 11.2. The van der Waals surface area contributed by atoms with Crippen molar-refractivity contribution in [3.63, 3.8) is 0 Å². The Labute approximate surface area is 108 Å². The molecule has 96 valence electrons. The highest BCUT2D eigenvalue weighted by Gasteiger charge is 2.35. The van der Waals surface area contributed by atoms with Crippen molar-refractivity contribution in [3.05, 3.63) is 15.5 Å². The van der Waals surface area contributed by atoms with Gasteiger partial charge in [0.15, 0.2) is 10.6 Å². The van der Waals surface area contributed by atoms with Gasteiger partial charge in [0.1, 0.15) is 3.70 Å². The molecule has 0 bridgehead atoms. The fourth-order valence-electron chi connectivity index (χ4n) is 1.03. The number of ether oxygens (including phenoxy) is 1. The van der Waals surface area contributed by atoms with Crippen molar-refractivity contribution in [1.82, 2.24) is 4.98 Å². The summed E-state index contributed by atoms with van der Waals surface area (Å²) >= 11 is 1.46. The summed E-state index contributed by atoms with van der Waals surface area (Å²) in [6, 6.07) is 0. The van der Waals surface area contributed by atoms with Gasteiger partial charge in [-0.15, -0.1) is 13.2 Å². The molecule has 1 aromatic rings. The first-order valence-electron chi connectivity index (χ1n) is 3.96. The van der Waals surface area contributed by atoms with Crippen LogP contribution < -0.4 is 9.88 Å². The molecule has 0 amide bonds. The van der Waals surface area contributed by atoms with E-state index in [1.807, 2.05) is 0 Å². The number of aryl methyl sites for hydroxylation is 1. The normalized spacial score (nSPS) is 12.6. The topological polar surface area (TPSA) is 82.3 Å². The van der Waals surface area contributed by atoms with Crippen molar-refractivity contribution < 1.29 is 26.3 Å². The van der Waals surface area contributed by atoms with Crippen LogP contribution >= 0.6 is 22.6 Å². The van der Waals surface area contributed by atoms with Gasteiger partial charge in [0.2, 0.25) is 10.0 Å². The van der Waals surface area contributed by atoms with E-state index < -0.39 is 27.0 Å². The first-order valence-corrected chi connectivity index (χ1v) is 6.58. The Hall–Kier alpha value is -0.620. The van der Waals surface area contributed by atoms with Crippen LogP contribution in [-0.2, 0) is 10.0 Å². The quantitative estimate of drug-likeness (QED) is 0.622. The number of primary sulfonamides is 1. The Morgan fingerprint density at radius 3 is 2.41 bits per heavy atom. The van der Waals surface area contributed by atoms with Gasteiger partial charge < -0.3 is 4.74 Å². The van der Waals surface area contributed by atoms with Crippen LogP contribution in [0, 0.1) is 10.6 Å². The van der Waals surface area contributed by atoms with Gasteiger partial charge >= 0.3 is 6.36 Å². The number of hydrogen-bond acceptors (Lipinski definition) is 4. The summed E-state index contributed by atoms with van der Waals surface area (Å²) in [5, 5.41) is 4.83. The number of alkyl halides is 3. The molecule has 0 aromatic carbocycles. The number of aromatic nitrogens is 1. The van der Waals surface area contributed by atoms with Gasteiger partial charge in [-0.1, -0.05) is 0 Å². The van der Waals surface area contributed by atoms with Crippen molar-refractivity contribution >= 4 is 32.6 Å². The Morgan fingerprint density at radius 1 is 1.47 bits per heavy atom. The fraction of sp³-hybridized carbons (Fsp3) is 0.286. The summed E-state index contributed by atoms with van der Waals surface area (Å²) in [5.74, 6) is -0.848. The highest BCUT2D eigenvalue weighted by molar-refractivity contribution is 14.1. The largest absolute Gasteiger partial charge is 0.573 e. The third-order valence-corrected chi connectivity index (χ3v) is 3.76. The predicted octanol–water partition coefficient (Wildman–Crippen LogP) is 1.54. The monoisotopic (exact) mass is 382 g/mol. The van der Waals surface area contributed by atoms with Gasteiger partial charge in [0.25, 0.3) is 0 Å². The van der Waals surface area contributed by atoms with E-state index >= 15 is 0 Å². The number of halogens is 4. The lowest BCUT2D eigenvalue weighted by atomic mass is 10.3. The fourth-order valence-corrected chi connectivity index (χ4v) is 3.09. The average molecular weight is 382 g/mol. The minimum atomic E-state index is -5.01. The van der Waals surface area contributed by atoms with Gasteiger partial charge in [-0.25, -0.2) is 18.5 Å². The maximum Gasteiger partial charge on any atom is 0.573 e. The minimum Gasteiger partial charge on any atom is -0.404 e. The van der Waals surface area contributed by atoms with E-state index in [4.69, 9.17) is 5.14 Å². The Kier molecular flexibility index (Phi) is 3.88. The molecule has 0 aliphatic carbocycles. The molecule has 1 rings (SSSR count). The number of pyridine rings is 1. The van der Waals surface area contributed by atoms with Gasteiger partial charge in [-0.05, 0) is 29.5 Å². The third kappa shape index (κ3) is 3.67. The first kappa shape index (κ1) is 14.4. The third-order valence-electron chi connectivity index (χ3n) is 1.63. The second-order valence-electron chi connectivity index (χ2n) is 2.98. The molecule has 1 heterocycles. The minimum absolute atomic E-state index is 0.0771. The Balaban J connectivity index is 3.52. The lowest BCUT2D eigenvalue weighted by molar-refractivity contribution is -0.275. The Bertz CT molecular complexity index is 544. The lowest BCUT2D eigenvalue weighted by Gasteiger charge is -2.14. The van der Waals surface area contributed by atoms with Crippen molar-refractivity contribution in [3.8, 4) is 5.75 Å². The summed E-state index contributed by atoms with van der Waals surface area (Å²) in [6.45, 7) is 1.23. The average Bonchev–Trinajstić information content (AvgIpc) is 2.06. The van der Waals surface area contributed by atoms with E-state index in [1.165, 1.54) is 29.5 Å². The molecular formula is C7H6F3IN2O3S. The van der Waals surface area contributed by atoms with Crippen LogP contribution in [-0.4, -0.2) is 19.8 Å². The molecule has 2 N–H and O–H groups in total. The van der Waals surface area contributed by atoms with Crippen LogP contribution in [0.25, 0.3) is 0 Å². The Morgan fingerprint density at radius 2 is 2.00 bits per heavy atom. The molecule has 0 fully saturated rings. The molecule has 0 spiro atoms. The summed E-state index contributed by atoms with van der Waals surface area (Å²) in [6.07, 6.45) is -3.94. The molecule has 0 atom stereocenters. The molecule has 0 saturated heterocycles. The van der Waals surface area contributed by atoms with Crippen LogP contribution in [0.3, 0.4) is 0 Å². The van der Waals surface area contributed by atoms with Crippen molar-refractivity contribution in [2.75, 3.05) is 0 Å². The molecule has 5 nitrogen and oxygen atoms in total. The van der Waals surface area contributed by atoms with E-state index in [-0.39, 0.29) is 9.26 Å². The van der Waals surface area contributed by atoms with Gasteiger partial charge in [-0.3, -0.25) is 0 Å². The highest BCUT2D eigenvalue weighted by Crippen LogP contribution is 2.33. The number of sulfonamides is 1. The molecule has 0 radical (unpaired) electrons. The second kappa shape index (κ2) is 4.57. The molecule has 0 unspecified atom stereocenters. The van der Waals surface area contributed by atoms with E-state index in [9.17, 15) is 21.6 Å². The van der Waals surface area contributed by atoms with E-state index in [0.717, 1.165) is 6.20 Å². The molecule has 10 heteroatoms. The summed E-state index contributed by atoms with van der Waals surface area (Å²) in [7, 11) is -4.35. The first-order chi connectivity index (χ1) is 7.52. The molecular weight excluding hydrogens is 376 g/mol. The predicted molar refractivity (Wildman–Crippen MR) is 59.7 cm³/mol. The second-order valence-corrected chi connectivity index (χ2v) is 5.50. The number of rotatable bonds is 2. The van der Waals surface area contributed by atoms with Gasteiger partial charge in [0.05, 0.1) is 0 Å². The maximum atomic E-state index is 12.1. The molecule has 1 aromatic heterocycles. The summed E-state index contributed by atoms with van der Waals surface area (Å²) in [4.78, 5) is 2.85. The molecule has 0 aliphatic rings. The van der Waals surface area contributed by atoms with Crippen molar-refractivity contribution in [2.45, 2.75) is 18.2 Å². The summed E-state index contributed by atoms with van der Waals surface area (Å²) in [5.41, 5.74) is -0.0771. The number of nitrogens with zero attached hydrogens (tertiary/aromatic N) is 1. The van der Waals surface area contributed by atoms with Crippen LogP contribution in [0.1, 0.15) is 5.56 Å². The van der Waals surface area contributed by atoms with Crippen molar-refractivity contribution in [1.29, 1.82) is 0 Å². The number of nitrogens with two attached hydrogens (primary N) is 1. The zero-order valence-electron chi connectivity index (χ0n) is 8.25. The molecule has 0 aliphatic heterocycles. The molecule has 0 saturated carbocycles. The van der Waals surface area contributed by atoms with E-state index in [2.05, 4.69) is 9.72 Å².